The molecule has 0 spiro atoms. The number of rotatable bonds is 6. The second kappa shape index (κ2) is 9.38. The molecule has 1 amide bonds. The van der Waals surface area contributed by atoms with Crippen molar-refractivity contribution in [3.05, 3.63) is 92.6 Å². The van der Waals surface area contributed by atoms with E-state index in [1.165, 1.54) is 18.3 Å². The van der Waals surface area contributed by atoms with Crippen molar-refractivity contribution in [2.24, 2.45) is 5.10 Å². The maximum atomic E-state index is 12.9. The number of hydrazone groups is 1. The summed E-state index contributed by atoms with van der Waals surface area (Å²) in [4.78, 5) is 38.7. The van der Waals surface area contributed by atoms with Crippen LogP contribution in [0, 0.1) is 10.1 Å². The number of hydrogen-bond acceptors (Lipinski definition) is 6. The first-order valence-electron chi connectivity index (χ1n) is 11.4. The zero-order chi connectivity index (χ0) is 24.4. The van der Waals surface area contributed by atoms with Crippen LogP contribution in [0.2, 0.25) is 0 Å². The van der Waals surface area contributed by atoms with E-state index >= 15 is 0 Å². The second-order valence-electron chi connectivity index (χ2n) is 8.44. The van der Waals surface area contributed by atoms with Gasteiger partial charge in [0.15, 0.2) is 5.43 Å². The number of carbonyl (C=O) groups is 1. The van der Waals surface area contributed by atoms with Crippen LogP contribution < -0.4 is 15.8 Å². The molecule has 0 aliphatic carbocycles. The van der Waals surface area contributed by atoms with Crippen molar-refractivity contribution in [3.8, 4) is 0 Å². The number of nitrogens with zero attached hydrogens (tertiary/aromatic N) is 4. The molecule has 3 aromatic carbocycles. The Labute approximate surface area is 200 Å². The van der Waals surface area contributed by atoms with E-state index in [0.717, 1.165) is 31.6 Å². The molecule has 176 valence electrons. The van der Waals surface area contributed by atoms with E-state index in [2.05, 4.69) is 15.4 Å². The van der Waals surface area contributed by atoms with Gasteiger partial charge < -0.3 is 9.47 Å². The van der Waals surface area contributed by atoms with Crippen molar-refractivity contribution in [2.75, 3.05) is 18.0 Å². The summed E-state index contributed by atoms with van der Waals surface area (Å²) < 4.78 is 1.79. The van der Waals surface area contributed by atoms with Crippen LogP contribution in [0.3, 0.4) is 0 Å². The topological polar surface area (TPSA) is 110 Å². The molecule has 5 rings (SSSR count). The largest absolute Gasteiger partial charge is 0.371 e. The SMILES string of the molecule is O=C(Cn1c2ccccc2c(=O)c2ccccc21)N/N=C/c1cc([N+](=O)[O-])ccc1N1CCCC1. The Morgan fingerprint density at radius 2 is 1.63 bits per heavy atom. The van der Waals surface area contributed by atoms with Crippen LogP contribution in [0.15, 0.2) is 76.6 Å². The quantitative estimate of drug-likeness (QED) is 0.200. The van der Waals surface area contributed by atoms with E-state index in [9.17, 15) is 19.7 Å². The monoisotopic (exact) mass is 469 g/mol. The molecule has 1 N–H and O–H groups in total. The van der Waals surface area contributed by atoms with E-state index in [-0.39, 0.29) is 23.6 Å². The number of nitro groups is 1. The van der Waals surface area contributed by atoms with Crippen molar-refractivity contribution in [1.29, 1.82) is 0 Å². The number of hydrogen-bond donors (Lipinski definition) is 1. The van der Waals surface area contributed by atoms with Gasteiger partial charge >= 0.3 is 0 Å². The Bertz CT molecular complexity index is 1480. The van der Waals surface area contributed by atoms with E-state index < -0.39 is 4.92 Å². The molecule has 0 unspecified atom stereocenters. The number of carbonyl (C=O) groups excluding carboxylic acids is 1. The molecule has 0 saturated carbocycles. The molecule has 0 radical (unpaired) electrons. The molecule has 0 atom stereocenters. The predicted molar refractivity (Wildman–Crippen MR) is 136 cm³/mol. The van der Waals surface area contributed by atoms with Crippen molar-refractivity contribution in [3.63, 3.8) is 0 Å². The minimum Gasteiger partial charge on any atom is -0.371 e. The minimum absolute atomic E-state index is 0.0353. The molecule has 1 fully saturated rings. The lowest BCUT2D eigenvalue weighted by atomic mass is 10.1. The zero-order valence-electron chi connectivity index (χ0n) is 18.9. The van der Waals surface area contributed by atoms with E-state index in [1.54, 1.807) is 34.9 Å². The molecular formula is C26H23N5O4. The number of non-ortho nitro benzene ring substituents is 1. The number of fused-ring (bicyclic) bond motifs is 2. The summed E-state index contributed by atoms with van der Waals surface area (Å²) >= 11 is 0. The third-order valence-electron chi connectivity index (χ3n) is 6.24. The summed E-state index contributed by atoms with van der Waals surface area (Å²) in [6, 6.07) is 19.0. The van der Waals surface area contributed by atoms with Crippen LogP contribution in [0.25, 0.3) is 21.8 Å². The van der Waals surface area contributed by atoms with Crippen LogP contribution in [0.1, 0.15) is 18.4 Å². The smallest absolute Gasteiger partial charge is 0.270 e. The molecule has 1 aliphatic heterocycles. The molecule has 9 nitrogen and oxygen atoms in total. The summed E-state index contributed by atoms with van der Waals surface area (Å²) in [5.74, 6) is -0.381. The molecule has 4 aromatic rings. The Balaban J connectivity index is 1.43. The molecule has 1 aromatic heterocycles. The van der Waals surface area contributed by atoms with Gasteiger partial charge in [0, 0.05) is 47.2 Å². The molecular weight excluding hydrogens is 446 g/mol. The average molecular weight is 470 g/mol. The fourth-order valence-corrected chi connectivity index (χ4v) is 4.60. The normalized spacial score (nSPS) is 13.7. The lowest BCUT2D eigenvalue weighted by molar-refractivity contribution is -0.384. The predicted octanol–water partition coefficient (Wildman–Crippen LogP) is 3.81. The van der Waals surface area contributed by atoms with E-state index in [1.807, 2.05) is 24.3 Å². The third kappa shape index (κ3) is 4.35. The highest BCUT2D eigenvalue weighted by Gasteiger charge is 2.18. The number of nitrogens with one attached hydrogen (secondary N) is 1. The van der Waals surface area contributed by atoms with Crippen molar-refractivity contribution in [1.82, 2.24) is 9.99 Å². The van der Waals surface area contributed by atoms with Gasteiger partial charge in [-0.25, -0.2) is 5.43 Å². The van der Waals surface area contributed by atoms with Gasteiger partial charge in [0.25, 0.3) is 11.6 Å². The van der Waals surface area contributed by atoms with Gasteiger partial charge in [-0.1, -0.05) is 24.3 Å². The van der Waals surface area contributed by atoms with Crippen LogP contribution in [-0.4, -0.2) is 34.7 Å². The van der Waals surface area contributed by atoms with Crippen molar-refractivity contribution < 1.29 is 9.72 Å². The maximum absolute atomic E-state index is 12.9. The maximum Gasteiger partial charge on any atom is 0.270 e. The molecule has 1 aliphatic rings. The number of nitro benzene ring substituents is 1. The number of aromatic nitrogens is 1. The number of anilines is 1. The van der Waals surface area contributed by atoms with Crippen LogP contribution in [0.5, 0.6) is 0 Å². The van der Waals surface area contributed by atoms with Crippen molar-refractivity contribution in [2.45, 2.75) is 19.4 Å². The summed E-state index contributed by atoms with van der Waals surface area (Å²) in [5.41, 5.74) is 5.16. The van der Waals surface area contributed by atoms with Gasteiger partial charge in [-0.05, 0) is 43.2 Å². The van der Waals surface area contributed by atoms with Gasteiger partial charge in [-0.15, -0.1) is 0 Å². The first-order chi connectivity index (χ1) is 17.0. The van der Waals surface area contributed by atoms with Crippen molar-refractivity contribution >= 4 is 45.3 Å². The van der Waals surface area contributed by atoms with Gasteiger partial charge in [-0.2, -0.15) is 5.10 Å². The van der Waals surface area contributed by atoms with Gasteiger partial charge in [0.2, 0.25) is 0 Å². The standard InChI is InChI=1S/C26H23N5O4/c32-25(17-30-23-9-3-1-7-20(23)26(33)21-8-2-4-10-24(21)30)28-27-16-18-15-19(31(34)35)11-12-22(18)29-13-5-6-14-29/h1-4,7-12,15-16H,5-6,13-14,17H2,(H,28,32)/b27-16+. The Kier molecular flexibility index (Phi) is 5.97. The van der Waals surface area contributed by atoms with Gasteiger partial charge in [-0.3, -0.25) is 19.7 Å². The third-order valence-corrected chi connectivity index (χ3v) is 6.24. The number of para-hydroxylation sites is 2. The summed E-state index contributed by atoms with van der Waals surface area (Å²) in [6.07, 6.45) is 3.57. The first-order valence-corrected chi connectivity index (χ1v) is 11.4. The molecule has 1 saturated heterocycles. The lowest BCUT2D eigenvalue weighted by Gasteiger charge is -2.19. The first kappa shape index (κ1) is 22.3. The number of pyridine rings is 1. The number of amides is 1. The highest BCUT2D eigenvalue weighted by atomic mass is 16.6. The van der Waals surface area contributed by atoms with Crippen LogP contribution in [0.4, 0.5) is 11.4 Å². The summed E-state index contributed by atoms with van der Waals surface area (Å²) in [6.45, 7) is 1.70. The summed E-state index contributed by atoms with van der Waals surface area (Å²) in [7, 11) is 0. The van der Waals surface area contributed by atoms with E-state index in [0.29, 0.717) is 27.4 Å². The molecule has 2 heterocycles. The Hall–Kier alpha value is -4.53. The Morgan fingerprint density at radius 3 is 2.26 bits per heavy atom. The lowest BCUT2D eigenvalue weighted by Crippen LogP contribution is -2.25. The highest BCUT2D eigenvalue weighted by Crippen LogP contribution is 2.27. The zero-order valence-corrected chi connectivity index (χ0v) is 18.9. The fraction of sp³-hybridized carbons (Fsp3) is 0.192. The van der Waals surface area contributed by atoms with Crippen LogP contribution in [-0.2, 0) is 11.3 Å². The average Bonchev–Trinajstić information content (AvgIpc) is 3.41. The highest BCUT2D eigenvalue weighted by molar-refractivity contribution is 5.95. The van der Waals surface area contributed by atoms with E-state index in [4.69, 9.17) is 0 Å². The minimum atomic E-state index is -0.448. The van der Waals surface area contributed by atoms with Gasteiger partial charge in [0.05, 0.1) is 22.2 Å². The molecule has 35 heavy (non-hydrogen) atoms. The van der Waals surface area contributed by atoms with Crippen LogP contribution >= 0.6 is 0 Å². The number of benzene rings is 3. The molecule has 9 heteroatoms. The Morgan fingerprint density at radius 1 is 1.00 bits per heavy atom. The molecule has 0 bridgehead atoms. The second-order valence-corrected chi connectivity index (χ2v) is 8.44. The van der Waals surface area contributed by atoms with Gasteiger partial charge in [0.1, 0.15) is 6.54 Å². The summed E-state index contributed by atoms with van der Waals surface area (Å²) in [5, 5.41) is 16.4. The fourth-order valence-electron chi connectivity index (χ4n) is 4.60.